The molecule has 2 aromatic carbocycles. The third kappa shape index (κ3) is 8.15. The Balaban J connectivity index is 1.69. The second-order valence-corrected chi connectivity index (χ2v) is 11.0. The number of methoxy groups -OCH3 is 1. The standard InChI is InChI=1S/C32H35N5O3S/c1-23-30(41-24(2)35-23)14-15-31(38)37(21-26-10-12-27(13-11-26)28-19-33-22-34-20-28)29(18-25-8-6-5-7-9-25)32(39)36(3)16-17-40-4/h5-15,19-20,22,29H,16-18,21H2,1-4H3/t29-/m0/s1. The van der Waals surface area contributed by atoms with Gasteiger partial charge in [-0.25, -0.2) is 15.0 Å². The molecule has 4 aromatic rings. The van der Waals surface area contributed by atoms with Crippen molar-refractivity contribution in [3.05, 3.63) is 106 Å². The van der Waals surface area contributed by atoms with Crippen LogP contribution in [0.4, 0.5) is 0 Å². The molecule has 212 valence electrons. The van der Waals surface area contributed by atoms with Crippen molar-refractivity contribution in [3.8, 4) is 11.1 Å². The molecular weight excluding hydrogens is 534 g/mol. The van der Waals surface area contributed by atoms with E-state index in [2.05, 4.69) is 15.0 Å². The quantitative estimate of drug-likeness (QED) is 0.224. The maximum absolute atomic E-state index is 13.9. The maximum atomic E-state index is 13.9. The molecule has 0 aliphatic carbocycles. The Labute approximate surface area is 245 Å². The molecule has 0 radical (unpaired) electrons. The summed E-state index contributed by atoms with van der Waals surface area (Å²) >= 11 is 1.53. The highest BCUT2D eigenvalue weighted by molar-refractivity contribution is 7.12. The van der Waals surface area contributed by atoms with E-state index in [-0.39, 0.29) is 18.4 Å². The fourth-order valence-electron chi connectivity index (χ4n) is 4.49. The van der Waals surface area contributed by atoms with Crippen molar-refractivity contribution in [2.75, 3.05) is 27.3 Å². The fourth-order valence-corrected chi connectivity index (χ4v) is 5.32. The van der Waals surface area contributed by atoms with Crippen molar-refractivity contribution in [3.63, 3.8) is 0 Å². The first kappa shape index (κ1) is 29.8. The summed E-state index contributed by atoms with van der Waals surface area (Å²) in [6, 6.07) is 17.0. The predicted octanol–water partition coefficient (Wildman–Crippen LogP) is 4.98. The highest BCUT2D eigenvalue weighted by Gasteiger charge is 2.31. The van der Waals surface area contributed by atoms with Gasteiger partial charge in [-0.15, -0.1) is 11.3 Å². The van der Waals surface area contributed by atoms with E-state index in [1.165, 1.54) is 17.7 Å². The topological polar surface area (TPSA) is 88.5 Å². The lowest BCUT2D eigenvalue weighted by atomic mass is 10.0. The summed E-state index contributed by atoms with van der Waals surface area (Å²) in [6.45, 7) is 4.96. The predicted molar refractivity (Wildman–Crippen MR) is 162 cm³/mol. The van der Waals surface area contributed by atoms with Gasteiger partial charge in [0.15, 0.2) is 0 Å². The second-order valence-electron chi connectivity index (χ2n) is 9.76. The zero-order valence-corrected chi connectivity index (χ0v) is 24.7. The van der Waals surface area contributed by atoms with Crippen LogP contribution in [-0.2, 0) is 27.3 Å². The lowest BCUT2D eigenvalue weighted by Crippen LogP contribution is -2.51. The van der Waals surface area contributed by atoms with E-state index >= 15 is 0 Å². The molecule has 0 aliphatic rings. The van der Waals surface area contributed by atoms with Gasteiger partial charge in [0.1, 0.15) is 12.4 Å². The van der Waals surface area contributed by atoms with Crippen molar-refractivity contribution in [2.45, 2.75) is 32.9 Å². The Morgan fingerprint density at radius 2 is 1.68 bits per heavy atom. The van der Waals surface area contributed by atoms with Crippen LogP contribution in [0.2, 0.25) is 0 Å². The summed E-state index contributed by atoms with van der Waals surface area (Å²) in [5, 5.41) is 0.937. The van der Waals surface area contributed by atoms with Crippen molar-refractivity contribution >= 4 is 29.2 Å². The number of aromatic nitrogens is 3. The number of rotatable bonds is 12. The third-order valence-corrected chi connectivity index (χ3v) is 7.78. The van der Waals surface area contributed by atoms with Gasteiger partial charge in [0.2, 0.25) is 11.8 Å². The third-order valence-electron chi connectivity index (χ3n) is 6.74. The Morgan fingerprint density at radius 3 is 2.32 bits per heavy atom. The van der Waals surface area contributed by atoms with E-state index in [4.69, 9.17) is 4.74 Å². The number of hydrogen-bond acceptors (Lipinski definition) is 7. The Hall–Kier alpha value is -4.21. The molecule has 0 bridgehead atoms. The molecule has 8 nitrogen and oxygen atoms in total. The molecular formula is C32H35N5O3S. The van der Waals surface area contributed by atoms with Gasteiger partial charge in [-0.05, 0) is 36.6 Å². The van der Waals surface area contributed by atoms with Crippen LogP contribution in [0.1, 0.15) is 26.7 Å². The van der Waals surface area contributed by atoms with Crippen LogP contribution in [0.5, 0.6) is 0 Å². The minimum Gasteiger partial charge on any atom is -0.383 e. The molecule has 0 saturated carbocycles. The summed E-state index contributed by atoms with van der Waals surface area (Å²) in [7, 11) is 3.35. The van der Waals surface area contributed by atoms with Gasteiger partial charge < -0.3 is 14.5 Å². The van der Waals surface area contributed by atoms with Crippen molar-refractivity contribution in [1.29, 1.82) is 0 Å². The van der Waals surface area contributed by atoms with Crippen LogP contribution in [0, 0.1) is 13.8 Å². The van der Waals surface area contributed by atoms with Gasteiger partial charge in [0, 0.05) is 57.7 Å². The zero-order chi connectivity index (χ0) is 29.2. The van der Waals surface area contributed by atoms with E-state index in [1.807, 2.05) is 68.4 Å². The minimum atomic E-state index is -0.720. The van der Waals surface area contributed by atoms with Crippen LogP contribution in [0.15, 0.2) is 79.4 Å². The van der Waals surface area contributed by atoms with Crippen molar-refractivity contribution < 1.29 is 14.3 Å². The molecule has 4 rings (SSSR count). The lowest BCUT2D eigenvalue weighted by molar-refractivity contribution is -0.143. The average Bonchev–Trinajstić information content (AvgIpc) is 3.33. The summed E-state index contributed by atoms with van der Waals surface area (Å²) in [5.74, 6) is -0.388. The Bertz CT molecular complexity index is 1460. The molecule has 0 unspecified atom stereocenters. The van der Waals surface area contributed by atoms with Gasteiger partial charge in [0.05, 0.1) is 22.2 Å². The maximum Gasteiger partial charge on any atom is 0.247 e. The highest BCUT2D eigenvalue weighted by atomic mass is 32.1. The van der Waals surface area contributed by atoms with Crippen LogP contribution in [-0.4, -0.2) is 69.9 Å². The molecule has 9 heteroatoms. The lowest BCUT2D eigenvalue weighted by Gasteiger charge is -2.33. The first-order valence-electron chi connectivity index (χ1n) is 13.4. The summed E-state index contributed by atoms with van der Waals surface area (Å²) in [4.78, 5) is 44.7. The number of carbonyl (C=O) groups is 2. The number of hydrogen-bond donors (Lipinski definition) is 0. The minimum absolute atomic E-state index is 0.143. The number of likely N-dealkylation sites (N-methyl/N-ethyl adjacent to an activating group) is 1. The van der Waals surface area contributed by atoms with Crippen LogP contribution in [0.25, 0.3) is 17.2 Å². The van der Waals surface area contributed by atoms with E-state index < -0.39 is 6.04 Å². The van der Waals surface area contributed by atoms with Crippen LogP contribution >= 0.6 is 11.3 Å². The van der Waals surface area contributed by atoms with Crippen LogP contribution in [0.3, 0.4) is 0 Å². The highest BCUT2D eigenvalue weighted by Crippen LogP contribution is 2.22. The van der Waals surface area contributed by atoms with Crippen molar-refractivity contribution in [1.82, 2.24) is 24.8 Å². The van der Waals surface area contributed by atoms with Gasteiger partial charge in [0.25, 0.3) is 0 Å². The monoisotopic (exact) mass is 569 g/mol. The number of thiazole rings is 1. The molecule has 41 heavy (non-hydrogen) atoms. The molecule has 1 atom stereocenters. The molecule has 0 N–H and O–H groups in total. The Morgan fingerprint density at radius 1 is 0.976 bits per heavy atom. The molecule has 0 fully saturated rings. The number of amides is 2. The molecule has 2 aromatic heterocycles. The largest absolute Gasteiger partial charge is 0.383 e. The first-order valence-corrected chi connectivity index (χ1v) is 14.2. The molecule has 0 spiro atoms. The van der Waals surface area contributed by atoms with Gasteiger partial charge >= 0.3 is 0 Å². The first-order chi connectivity index (χ1) is 19.9. The molecule has 2 amide bonds. The number of nitrogens with zero attached hydrogens (tertiary/aromatic N) is 5. The van der Waals surface area contributed by atoms with Gasteiger partial charge in [-0.2, -0.15) is 0 Å². The normalized spacial score (nSPS) is 11.9. The average molecular weight is 570 g/mol. The smallest absolute Gasteiger partial charge is 0.247 e. The number of benzene rings is 2. The van der Waals surface area contributed by atoms with Crippen molar-refractivity contribution in [2.24, 2.45) is 0 Å². The number of ether oxygens (including phenoxy) is 1. The van der Waals surface area contributed by atoms with Gasteiger partial charge in [-0.3, -0.25) is 9.59 Å². The van der Waals surface area contributed by atoms with E-state index in [0.29, 0.717) is 19.6 Å². The fraction of sp³-hybridized carbons (Fsp3) is 0.281. The summed E-state index contributed by atoms with van der Waals surface area (Å²) < 4.78 is 5.21. The second kappa shape index (κ2) is 14.4. The van der Waals surface area contributed by atoms with E-state index in [1.54, 1.807) is 48.5 Å². The summed E-state index contributed by atoms with van der Waals surface area (Å²) in [6.07, 6.45) is 8.75. The van der Waals surface area contributed by atoms with E-state index in [9.17, 15) is 9.59 Å². The number of aryl methyl sites for hydroxylation is 2. The SMILES string of the molecule is COCCN(C)C(=O)[C@H](Cc1ccccc1)N(Cc1ccc(-c2cncnc2)cc1)C(=O)C=Cc1sc(C)nc1C. The van der Waals surface area contributed by atoms with Gasteiger partial charge in [-0.1, -0.05) is 54.6 Å². The summed E-state index contributed by atoms with van der Waals surface area (Å²) in [5.41, 5.74) is 4.63. The Kier molecular flexibility index (Phi) is 10.5. The molecule has 0 saturated heterocycles. The number of carbonyl (C=O) groups excluding carboxylic acids is 2. The molecule has 2 heterocycles. The zero-order valence-electron chi connectivity index (χ0n) is 23.9. The van der Waals surface area contributed by atoms with E-state index in [0.717, 1.165) is 37.8 Å². The van der Waals surface area contributed by atoms with Crippen LogP contribution < -0.4 is 0 Å². The molecule has 0 aliphatic heterocycles.